The largest absolute Gasteiger partial charge is 0.418 e. The standard InChI is InChI=1S/C40H76N2O2Si2/c1-29(2)33-25-23-31-17-11-13-19-35(31)39(33)41-37(21-15-27-43-45(5,6)7)38(22-16-28-44-46(8,9)10)42-40-34(30(3)4)26-24-32-18-12-14-20-36(32)40/h29-36,39-40H,11-28H2,1-10H3. The maximum atomic E-state index is 6.43. The minimum absolute atomic E-state index is 0.463. The summed E-state index contributed by atoms with van der Waals surface area (Å²) < 4.78 is 12.9. The minimum Gasteiger partial charge on any atom is -0.418 e. The number of hydrogen-bond acceptors (Lipinski definition) is 4. The third-order valence-electron chi connectivity index (χ3n) is 12.3. The summed E-state index contributed by atoms with van der Waals surface area (Å²) >= 11 is 0. The molecule has 46 heavy (non-hydrogen) atoms. The maximum absolute atomic E-state index is 6.43. The van der Waals surface area contributed by atoms with Crippen LogP contribution in [0.2, 0.25) is 39.3 Å². The van der Waals surface area contributed by atoms with E-state index in [2.05, 4.69) is 67.0 Å². The van der Waals surface area contributed by atoms with Crippen LogP contribution in [0.1, 0.15) is 130 Å². The fourth-order valence-corrected chi connectivity index (χ4v) is 11.4. The first-order valence-electron chi connectivity index (χ1n) is 20.1. The number of nitrogens with zero attached hydrogens (tertiary/aromatic N) is 2. The molecule has 0 aromatic heterocycles. The van der Waals surface area contributed by atoms with Crippen molar-refractivity contribution < 1.29 is 8.85 Å². The van der Waals surface area contributed by atoms with Gasteiger partial charge in [0.25, 0.3) is 0 Å². The van der Waals surface area contributed by atoms with E-state index in [1.807, 2.05) is 0 Å². The van der Waals surface area contributed by atoms with Crippen molar-refractivity contribution in [2.45, 2.75) is 182 Å². The molecule has 4 saturated carbocycles. The molecule has 0 spiro atoms. The summed E-state index contributed by atoms with van der Waals surface area (Å²) in [6.07, 6.45) is 21.0. The van der Waals surface area contributed by atoms with Crippen LogP contribution in [0, 0.1) is 47.3 Å². The van der Waals surface area contributed by atoms with E-state index in [0.717, 1.165) is 62.6 Å². The smallest absolute Gasteiger partial charge is 0.183 e. The Bertz CT molecular complexity index is 903. The molecule has 6 heteroatoms. The van der Waals surface area contributed by atoms with Crippen molar-refractivity contribution in [2.24, 2.45) is 57.3 Å². The molecule has 0 saturated heterocycles. The van der Waals surface area contributed by atoms with Crippen molar-refractivity contribution in [1.82, 2.24) is 0 Å². The molecule has 4 nitrogen and oxygen atoms in total. The first kappa shape index (κ1) is 38.5. The van der Waals surface area contributed by atoms with E-state index in [4.69, 9.17) is 18.8 Å². The molecule has 0 bridgehead atoms. The lowest BCUT2D eigenvalue weighted by Gasteiger charge is -2.46. The van der Waals surface area contributed by atoms with E-state index < -0.39 is 16.6 Å². The van der Waals surface area contributed by atoms with Gasteiger partial charge in [0, 0.05) is 13.2 Å². The fraction of sp³-hybridized carbons (Fsp3) is 0.950. The van der Waals surface area contributed by atoms with Gasteiger partial charge in [-0.1, -0.05) is 66.2 Å². The molecule has 266 valence electrons. The third-order valence-corrected chi connectivity index (χ3v) is 14.4. The van der Waals surface area contributed by atoms with E-state index in [9.17, 15) is 0 Å². The van der Waals surface area contributed by atoms with Crippen molar-refractivity contribution in [1.29, 1.82) is 0 Å². The van der Waals surface area contributed by atoms with Crippen LogP contribution in [0.5, 0.6) is 0 Å². The van der Waals surface area contributed by atoms with E-state index in [1.54, 1.807) is 0 Å². The molecule has 8 unspecified atom stereocenters. The Morgan fingerprint density at radius 2 is 0.913 bits per heavy atom. The highest BCUT2D eigenvalue weighted by molar-refractivity contribution is 6.70. The van der Waals surface area contributed by atoms with Gasteiger partial charge in [-0.3, -0.25) is 9.98 Å². The first-order valence-corrected chi connectivity index (χ1v) is 27.0. The van der Waals surface area contributed by atoms with Gasteiger partial charge in [-0.2, -0.15) is 0 Å². The first-order chi connectivity index (χ1) is 21.7. The Labute approximate surface area is 288 Å². The molecule has 0 radical (unpaired) electrons. The second-order valence-electron chi connectivity index (χ2n) is 18.6. The Hall–Kier alpha value is -0.306. The summed E-state index contributed by atoms with van der Waals surface area (Å²) in [6, 6.07) is 0.926. The summed E-state index contributed by atoms with van der Waals surface area (Å²) in [5, 5.41) is 0. The van der Waals surface area contributed by atoms with Crippen molar-refractivity contribution >= 4 is 28.1 Å². The molecule has 4 aliphatic carbocycles. The fourth-order valence-electron chi connectivity index (χ4n) is 9.88. The Morgan fingerprint density at radius 1 is 0.543 bits per heavy atom. The van der Waals surface area contributed by atoms with Gasteiger partial charge in [-0.05, 0) is 151 Å². The van der Waals surface area contributed by atoms with E-state index in [1.165, 1.54) is 88.5 Å². The van der Waals surface area contributed by atoms with E-state index in [0.29, 0.717) is 35.8 Å². The zero-order chi connectivity index (χ0) is 33.5. The van der Waals surface area contributed by atoms with Crippen molar-refractivity contribution in [3.05, 3.63) is 0 Å². The topological polar surface area (TPSA) is 43.2 Å². The SMILES string of the molecule is CC(C)C1CCC2CCCCC2C1N=C(CCCO[Si](C)(C)C)C(CCCO[Si](C)(C)C)=NC1C(C(C)C)CCC2CCCCC21. The van der Waals surface area contributed by atoms with Crippen molar-refractivity contribution in [3.63, 3.8) is 0 Å². The quantitative estimate of drug-likeness (QED) is 0.0987. The molecule has 4 aliphatic rings. The van der Waals surface area contributed by atoms with Gasteiger partial charge in [-0.25, -0.2) is 0 Å². The molecule has 0 amide bonds. The van der Waals surface area contributed by atoms with Gasteiger partial charge >= 0.3 is 0 Å². The summed E-state index contributed by atoms with van der Waals surface area (Å²) in [4.78, 5) is 12.1. The molecule has 4 rings (SSSR count). The monoisotopic (exact) mass is 673 g/mol. The lowest BCUT2D eigenvalue weighted by Crippen LogP contribution is -2.44. The number of hydrogen-bond donors (Lipinski definition) is 0. The molecule has 0 aromatic rings. The predicted molar refractivity (Wildman–Crippen MR) is 206 cm³/mol. The number of aliphatic imine (C=N–C) groups is 2. The third kappa shape index (κ3) is 11.4. The summed E-state index contributed by atoms with van der Waals surface area (Å²) in [5.41, 5.74) is 2.74. The second kappa shape index (κ2) is 17.6. The molecule has 0 N–H and O–H groups in total. The Morgan fingerprint density at radius 3 is 1.26 bits per heavy atom. The molecule has 8 atom stereocenters. The van der Waals surface area contributed by atoms with Gasteiger partial charge < -0.3 is 8.85 Å². The second-order valence-corrected chi connectivity index (χ2v) is 27.7. The molecule has 0 heterocycles. The molecular weight excluding hydrogens is 597 g/mol. The van der Waals surface area contributed by atoms with Crippen LogP contribution in [0.4, 0.5) is 0 Å². The van der Waals surface area contributed by atoms with Crippen molar-refractivity contribution in [2.75, 3.05) is 13.2 Å². The zero-order valence-corrected chi connectivity index (χ0v) is 34.2. The average molecular weight is 673 g/mol. The van der Waals surface area contributed by atoms with Crippen LogP contribution < -0.4 is 0 Å². The van der Waals surface area contributed by atoms with Gasteiger partial charge in [0.1, 0.15) is 0 Å². The molecular formula is C40H76N2O2Si2. The summed E-state index contributed by atoms with van der Waals surface area (Å²) in [5.74, 6) is 6.06. The summed E-state index contributed by atoms with van der Waals surface area (Å²) in [6.45, 7) is 25.5. The highest BCUT2D eigenvalue weighted by Gasteiger charge is 2.43. The van der Waals surface area contributed by atoms with E-state index in [-0.39, 0.29) is 0 Å². The molecule has 4 fully saturated rings. The highest BCUT2D eigenvalue weighted by atomic mass is 28.4. The molecule has 0 aliphatic heterocycles. The Balaban J connectivity index is 1.74. The van der Waals surface area contributed by atoms with Crippen LogP contribution >= 0.6 is 0 Å². The predicted octanol–water partition coefficient (Wildman–Crippen LogP) is 11.6. The van der Waals surface area contributed by atoms with Crippen molar-refractivity contribution in [3.8, 4) is 0 Å². The zero-order valence-electron chi connectivity index (χ0n) is 32.2. The minimum atomic E-state index is -1.55. The van der Waals surface area contributed by atoms with Crippen LogP contribution in [-0.2, 0) is 8.85 Å². The number of rotatable bonds is 15. The van der Waals surface area contributed by atoms with Crippen LogP contribution in [0.15, 0.2) is 9.98 Å². The normalized spacial score (nSPS) is 33.3. The Kier molecular flexibility index (Phi) is 14.7. The number of fused-ring (bicyclic) bond motifs is 2. The van der Waals surface area contributed by atoms with Crippen LogP contribution in [0.3, 0.4) is 0 Å². The lowest BCUT2D eigenvalue weighted by atomic mass is 9.62. The average Bonchev–Trinajstić information content (AvgIpc) is 2.99. The van der Waals surface area contributed by atoms with Gasteiger partial charge in [0.2, 0.25) is 0 Å². The summed E-state index contributed by atoms with van der Waals surface area (Å²) in [7, 11) is -3.10. The highest BCUT2D eigenvalue weighted by Crippen LogP contribution is 2.48. The van der Waals surface area contributed by atoms with Gasteiger partial charge in [0.05, 0.1) is 23.5 Å². The maximum Gasteiger partial charge on any atom is 0.183 e. The van der Waals surface area contributed by atoms with Gasteiger partial charge in [0.15, 0.2) is 16.6 Å². The molecule has 0 aromatic carbocycles. The van der Waals surface area contributed by atoms with Crippen LogP contribution in [-0.4, -0.2) is 53.4 Å². The van der Waals surface area contributed by atoms with Gasteiger partial charge in [-0.15, -0.1) is 0 Å². The van der Waals surface area contributed by atoms with E-state index >= 15 is 0 Å². The van der Waals surface area contributed by atoms with Crippen LogP contribution in [0.25, 0.3) is 0 Å². The lowest BCUT2D eigenvalue weighted by molar-refractivity contribution is 0.0812.